The number of ether oxygens (including phenoxy) is 1. The molecule has 0 saturated carbocycles. The van der Waals surface area contributed by atoms with Crippen LogP contribution in [-0.4, -0.2) is 37.0 Å². The lowest BCUT2D eigenvalue weighted by atomic mass is 9.69. The van der Waals surface area contributed by atoms with E-state index >= 15 is 0 Å². The number of pyridine rings is 1. The maximum atomic E-state index is 11.5. The van der Waals surface area contributed by atoms with Crippen LogP contribution in [0.4, 0.5) is 0 Å². The van der Waals surface area contributed by atoms with Gasteiger partial charge in [-0.3, -0.25) is 4.98 Å². The second kappa shape index (κ2) is 5.86. The Hall–Kier alpha value is -1.08. The van der Waals surface area contributed by atoms with Crippen LogP contribution >= 0.6 is 0 Å². The molecule has 7 heteroatoms. The van der Waals surface area contributed by atoms with Crippen molar-refractivity contribution in [1.29, 1.82) is 0 Å². The highest BCUT2D eigenvalue weighted by Crippen LogP contribution is 2.08. The van der Waals surface area contributed by atoms with Crippen molar-refractivity contribution in [2.75, 3.05) is 11.7 Å². The molecule has 16 heavy (non-hydrogen) atoms. The van der Waals surface area contributed by atoms with Crippen molar-refractivity contribution < 1.29 is 18.2 Å². The monoisotopic (exact) mass is 243 g/mol. The summed E-state index contributed by atoms with van der Waals surface area (Å²) in [5.74, 6) is 0.0232. The van der Waals surface area contributed by atoms with Gasteiger partial charge >= 0.3 is 0 Å². The molecule has 0 aliphatic carbocycles. The highest BCUT2D eigenvalue weighted by atomic mass is 32.2. The van der Waals surface area contributed by atoms with Gasteiger partial charge in [-0.15, -0.1) is 0 Å². The van der Waals surface area contributed by atoms with Crippen LogP contribution in [0.25, 0.3) is 0 Å². The van der Waals surface area contributed by atoms with E-state index in [0.29, 0.717) is 5.75 Å². The third kappa shape index (κ3) is 5.13. The predicted octanol–water partition coefficient (Wildman–Crippen LogP) is 0.446. The molecule has 0 saturated heterocycles. The highest BCUT2D eigenvalue weighted by Gasteiger charge is 2.14. The zero-order valence-corrected chi connectivity index (χ0v) is 9.85. The van der Waals surface area contributed by atoms with E-state index < -0.39 is 16.8 Å². The van der Waals surface area contributed by atoms with Gasteiger partial charge in [-0.1, -0.05) is 6.82 Å². The van der Waals surface area contributed by atoms with E-state index in [1.807, 2.05) is 0 Å². The maximum Gasteiger partial charge on any atom is 0.286 e. The molecule has 1 aromatic heterocycles. The van der Waals surface area contributed by atoms with Gasteiger partial charge in [-0.2, -0.15) is 0 Å². The molecule has 0 unspecified atom stereocenters. The molecule has 0 spiro atoms. The second-order valence-electron chi connectivity index (χ2n) is 3.53. The Bertz CT molecular complexity index is 407. The van der Waals surface area contributed by atoms with E-state index in [0.717, 1.165) is 0 Å². The van der Waals surface area contributed by atoms with Gasteiger partial charge in [0.1, 0.15) is 5.75 Å². The summed E-state index contributed by atoms with van der Waals surface area (Å²) in [4.78, 5) is 3.79. The minimum Gasteiger partial charge on any atom is -0.478 e. The van der Waals surface area contributed by atoms with Crippen molar-refractivity contribution >= 4 is 16.8 Å². The number of aromatic nitrogens is 1. The molecule has 0 fully saturated rings. The van der Waals surface area contributed by atoms with E-state index in [-0.39, 0.29) is 18.0 Å². The number of nitrogens with zero attached hydrogens (tertiary/aromatic N) is 1. The Morgan fingerprint density at radius 3 is 2.62 bits per heavy atom. The first kappa shape index (κ1) is 13.0. The summed E-state index contributed by atoms with van der Waals surface area (Å²) in [6.07, 6.45) is 3.28. The van der Waals surface area contributed by atoms with Crippen LogP contribution in [0, 0.1) is 0 Å². The predicted molar refractivity (Wildman–Crippen MR) is 62.2 cm³/mol. The summed E-state index contributed by atoms with van der Waals surface area (Å²) in [5.41, 5.74) is 0. The molecule has 5 nitrogen and oxygen atoms in total. The van der Waals surface area contributed by atoms with Crippen molar-refractivity contribution in [2.45, 2.75) is 13.1 Å². The number of hydrogen-bond donors (Lipinski definition) is 1. The normalized spacial score (nSPS) is 11.1. The Morgan fingerprint density at radius 1 is 1.44 bits per heavy atom. The van der Waals surface area contributed by atoms with Crippen LogP contribution < -0.4 is 4.74 Å². The first-order valence-corrected chi connectivity index (χ1v) is 6.73. The van der Waals surface area contributed by atoms with Gasteiger partial charge in [-0.05, 0) is 18.5 Å². The quantitative estimate of drug-likeness (QED) is 0.734. The fourth-order valence-electron chi connectivity index (χ4n) is 1.00. The van der Waals surface area contributed by atoms with Crippen molar-refractivity contribution in [1.82, 2.24) is 4.98 Å². The Kier molecular flexibility index (Phi) is 4.76. The molecular formula is C9H14BNO4S. The summed E-state index contributed by atoms with van der Waals surface area (Å²) in [6.45, 7) is 0.940. The van der Waals surface area contributed by atoms with Gasteiger partial charge in [0.15, 0.2) is 15.8 Å². The second-order valence-corrected chi connectivity index (χ2v) is 5.66. The Balaban J connectivity index is 2.42. The molecular weight excluding hydrogens is 229 g/mol. The van der Waals surface area contributed by atoms with E-state index in [2.05, 4.69) is 4.98 Å². The number of sulfone groups is 1. The zero-order chi connectivity index (χ0) is 12.0. The highest BCUT2D eigenvalue weighted by molar-refractivity contribution is 7.91. The average molecular weight is 243 g/mol. The van der Waals surface area contributed by atoms with Crippen LogP contribution in [0.2, 0.25) is 13.1 Å². The topological polar surface area (TPSA) is 76.5 Å². The van der Waals surface area contributed by atoms with E-state index in [1.54, 1.807) is 19.0 Å². The van der Waals surface area contributed by atoms with Crippen LogP contribution in [-0.2, 0) is 9.84 Å². The van der Waals surface area contributed by atoms with E-state index in [1.165, 1.54) is 12.4 Å². The van der Waals surface area contributed by atoms with Crippen LogP contribution in [0.5, 0.6) is 5.75 Å². The molecule has 0 aromatic carbocycles. The van der Waals surface area contributed by atoms with Crippen molar-refractivity contribution in [2.24, 2.45) is 0 Å². The van der Waals surface area contributed by atoms with E-state index in [9.17, 15) is 8.42 Å². The zero-order valence-electron chi connectivity index (χ0n) is 9.04. The average Bonchev–Trinajstić information content (AvgIpc) is 2.26. The lowest BCUT2D eigenvalue weighted by molar-refractivity contribution is 0.376. The molecule has 1 rings (SSSR count). The lowest BCUT2D eigenvalue weighted by Gasteiger charge is -2.06. The molecule has 0 aliphatic rings. The van der Waals surface area contributed by atoms with Crippen molar-refractivity contribution in [3.63, 3.8) is 0 Å². The first-order valence-electron chi connectivity index (χ1n) is 4.91. The van der Waals surface area contributed by atoms with Gasteiger partial charge in [-0.25, -0.2) is 8.42 Å². The standard InChI is InChI=1S/C9H14BNO4S/c1-10(12)4-7-16(13,14)8-15-9-2-5-11-6-3-9/h2-3,5-6,12H,4,7-8H2,1H3. The maximum absolute atomic E-state index is 11.5. The summed E-state index contributed by atoms with van der Waals surface area (Å²) < 4.78 is 28.0. The van der Waals surface area contributed by atoms with E-state index in [4.69, 9.17) is 9.76 Å². The summed E-state index contributed by atoms with van der Waals surface area (Å²) in [5, 5.41) is 8.99. The van der Waals surface area contributed by atoms with Gasteiger partial charge < -0.3 is 9.76 Å². The molecule has 1 heterocycles. The Labute approximate surface area is 95.5 Å². The van der Waals surface area contributed by atoms with Crippen molar-refractivity contribution in [3.05, 3.63) is 24.5 Å². The summed E-state index contributed by atoms with van der Waals surface area (Å²) in [6, 6.07) is 3.17. The molecule has 0 bridgehead atoms. The third-order valence-electron chi connectivity index (χ3n) is 1.90. The molecule has 0 amide bonds. The third-order valence-corrected chi connectivity index (χ3v) is 3.24. The van der Waals surface area contributed by atoms with Gasteiger partial charge in [0.2, 0.25) is 0 Å². The number of hydrogen-bond acceptors (Lipinski definition) is 5. The minimum atomic E-state index is -3.28. The number of rotatable bonds is 6. The summed E-state index contributed by atoms with van der Waals surface area (Å²) >= 11 is 0. The SMILES string of the molecule is CB(O)CCS(=O)(=O)COc1ccncc1. The smallest absolute Gasteiger partial charge is 0.286 e. The van der Waals surface area contributed by atoms with Gasteiger partial charge in [0.05, 0.1) is 0 Å². The molecule has 88 valence electrons. The Morgan fingerprint density at radius 2 is 2.06 bits per heavy atom. The molecule has 0 aliphatic heterocycles. The molecule has 1 N–H and O–H groups in total. The fraction of sp³-hybridized carbons (Fsp3) is 0.444. The van der Waals surface area contributed by atoms with Crippen molar-refractivity contribution in [3.8, 4) is 5.75 Å². The largest absolute Gasteiger partial charge is 0.478 e. The first-order chi connectivity index (χ1) is 7.49. The lowest BCUT2D eigenvalue weighted by Crippen LogP contribution is -2.19. The molecule has 1 aromatic rings. The van der Waals surface area contributed by atoms with Crippen LogP contribution in [0.3, 0.4) is 0 Å². The van der Waals surface area contributed by atoms with Crippen LogP contribution in [0.15, 0.2) is 24.5 Å². The van der Waals surface area contributed by atoms with Crippen LogP contribution in [0.1, 0.15) is 0 Å². The molecule has 0 radical (unpaired) electrons. The minimum absolute atomic E-state index is 0.0737. The van der Waals surface area contributed by atoms with Gasteiger partial charge in [0.25, 0.3) is 6.92 Å². The molecule has 0 atom stereocenters. The fourth-order valence-corrected chi connectivity index (χ4v) is 2.14. The van der Waals surface area contributed by atoms with Gasteiger partial charge in [0, 0.05) is 18.1 Å². The summed E-state index contributed by atoms with van der Waals surface area (Å²) in [7, 11) is -3.28.